The van der Waals surface area contributed by atoms with Gasteiger partial charge in [0.15, 0.2) is 11.7 Å². The van der Waals surface area contributed by atoms with Gasteiger partial charge in [-0.1, -0.05) is 18.2 Å². The molecule has 2 rings (SSSR count). The summed E-state index contributed by atoms with van der Waals surface area (Å²) in [7, 11) is 0. The van der Waals surface area contributed by atoms with Gasteiger partial charge in [0, 0.05) is 11.8 Å². The van der Waals surface area contributed by atoms with Crippen molar-refractivity contribution in [2.75, 3.05) is 0 Å². The summed E-state index contributed by atoms with van der Waals surface area (Å²) < 4.78 is 13.5. The molecule has 0 aliphatic carbocycles. The lowest BCUT2D eigenvalue weighted by Gasteiger charge is -2.08. The average molecular weight is 254 g/mol. The SMILES string of the molecule is Cc1ccc(C(=O)C(C#N)c2ccccn2)cc1F. The Hall–Kier alpha value is -2.54. The summed E-state index contributed by atoms with van der Waals surface area (Å²) >= 11 is 0. The zero-order chi connectivity index (χ0) is 13.8. The fraction of sp³-hybridized carbons (Fsp3) is 0.133. The van der Waals surface area contributed by atoms with E-state index < -0.39 is 17.5 Å². The second kappa shape index (κ2) is 5.40. The highest BCUT2D eigenvalue weighted by Crippen LogP contribution is 2.20. The third-order valence-electron chi connectivity index (χ3n) is 2.83. The van der Waals surface area contributed by atoms with E-state index in [2.05, 4.69) is 4.98 Å². The van der Waals surface area contributed by atoms with Crippen molar-refractivity contribution in [2.45, 2.75) is 12.8 Å². The standard InChI is InChI=1S/C15H11FN2O/c1-10-5-6-11(8-13(10)16)15(19)12(9-17)14-4-2-3-7-18-14/h2-8,12H,1H3. The number of nitrogens with zero attached hydrogens (tertiary/aromatic N) is 2. The molecule has 0 radical (unpaired) electrons. The number of rotatable bonds is 3. The lowest BCUT2D eigenvalue weighted by molar-refractivity contribution is 0.0977. The van der Waals surface area contributed by atoms with Gasteiger partial charge in [0.1, 0.15) is 5.82 Å². The summed E-state index contributed by atoms with van der Waals surface area (Å²) in [4.78, 5) is 16.2. The molecule has 0 saturated carbocycles. The number of hydrogen-bond donors (Lipinski definition) is 0. The first-order chi connectivity index (χ1) is 9.13. The van der Waals surface area contributed by atoms with Crippen LogP contribution in [0.4, 0.5) is 4.39 Å². The van der Waals surface area contributed by atoms with Crippen LogP contribution in [0.1, 0.15) is 27.5 Å². The number of Topliss-reactive ketones (excluding diaryl/α,β-unsaturated/α-hetero) is 1. The van der Waals surface area contributed by atoms with Crippen LogP contribution in [-0.2, 0) is 0 Å². The van der Waals surface area contributed by atoms with Gasteiger partial charge in [-0.15, -0.1) is 0 Å². The van der Waals surface area contributed by atoms with E-state index in [1.54, 1.807) is 25.1 Å². The highest BCUT2D eigenvalue weighted by atomic mass is 19.1. The minimum absolute atomic E-state index is 0.181. The van der Waals surface area contributed by atoms with Gasteiger partial charge < -0.3 is 0 Å². The lowest BCUT2D eigenvalue weighted by Crippen LogP contribution is -2.13. The first-order valence-electron chi connectivity index (χ1n) is 5.74. The number of nitriles is 1. The molecule has 1 atom stereocenters. The molecule has 19 heavy (non-hydrogen) atoms. The number of aryl methyl sites for hydroxylation is 1. The number of carbonyl (C=O) groups excluding carboxylic acids is 1. The number of ketones is 1. The molecule has 0 bridgehead atoms. The van der Waals surface area contributed by atoms with Gasteiger partial charge in [-0.05, 0) is 30.7 Å². The summed E-state index contributed by atoms with van der Waals surface area (Å²) in [6, 6.07) is 11.1. The number of halogens is 1. The van der Waals surface area contributed by atoms with Crippen molar-refractivity contribution < 1.29 is 9.18 Å². The van der Waals surface area contributed by atoms with Crippen molar-refractivity contribution in [3.63, 3.8) is 0 Å². The van der Waals surface area contributed by atoms with E-state index in [4.69, 9.17) is 5.26 Å². The van der Waals surface area contributed by atoms with E-state index in [0.29, 0.717) is 11.3 Å². The first-order valence-corrected chi connectivity index (χ1v) is 5.74. The molecular weight excluding hydrogens is 243 g/mol. The molecule has 2 aromatic rings. The second-order valence-electron chi connectivity index (χ2n) is 4.14. The maximum Gasteiger partial charge on any atom is 0.186 e. The zero-order valence-corrected chi connectivity index (χ0v) is 10.3. The van der Waals surface area contributed by atoms with Crippen LogP contribution in [0.25, 0.3) is 0 Å². The third-order valence-corrected chi connectivity index (χ3v) is 2.83. The first kappa shape index (κ1) is 12.9. The van der Waals surface area contributed by atoms with Crippen molar-refractivity contribution in [2.24, 2.45) is 0 Å². The molecule has 0 aliphatic heterocycles. The Morgan fingerprint density at radius 2 is 2.16 bits per heavy atom. The minimum Gasteiger partial charge on any atom is -0.292 e. The molecule has 0 spiro atoms. The number of aromatic nitrogens is 1. The van der Waals surface area contributed by atoms with Crippen LogP contribution in [0.15, 0.2) is 42.6 Å². The summed E-state index contributed by atoms with van der Waals surface area (Å²) in [5, 5.41) is 9.13. The van der Waals surface area contributed by atoms with Crippen LogP contribution in [0, 0.1) is 24.1 Å². The number of hydrogen-bond acceptors (Lipinski definition) is 3. The van der Waals surface area contributed by atoms with Crippen LogP contribution in [0.3, 0.4) is 0 Å². The van der Waals surface area contributed by atoms with Crippen LogP contribution in [-0.4, -0.2) is 10.8 Å². The molecule has 1 aromatic carbocycles. The monoisotopic (exact) mass is 254 g/mol. The van der Waals surface area contributed by atoms with Crippen LogP contribution in [0.2, 0.25) is 0 Å². The van der Waals surface area contributed by atoms with Gasteiger partial charge in [0.25, 0.3) is 0 Å². The van der Waals surface area contributed by atoms with Gasteiger partial charge in [-0.2, -0.15) is 5.26 Å². The van der Waals surface area contributed by atoms with E-state index >= 15 is 0 Å². The van der Waals surface area contributed by atoms with Gasteiger partial charge in [-0.25, -0.2) is 4.39 Å². The minimum atomic E-state index is -1.01. The van der Waals surface area contributed by atoms with Gasteiger partial charge >= 0.3 is 0 Å². The molecule has 0 aliphatic rings. The van der Waals surface area contributed by atoms with Gasteiger partial charge in [0.2, 0.25) is 0 Å². The summed E-state index contributed by atoms with van der Waals surface area (Å²) in [6.07, 6.45) is 1.52. The molecule has 4 heteroatoms. The maximum absolute atomic E-state index is 13.5. The topological polar surface area (TPSA) is 53.8 Å². The quantitative estimate of drug-likeness (QED) is 0.791. The Morgan fingerprint density at radius 3 is 2.74 bits per heavy atom. The fourth-order valence-corrected chi connectivity index (χ4v) is 1.72. The second-order valence-corrected chi connectivity index (χ2v) is 4.14. The Kier molecular flexibility index (Phi) is 3.67. The Balaban J connectivity index is 2.37. The third kappa shape index (κ3) is 2.66. The number of benzene rings is 1. The smallest absolute Gasteiger partial charge is 0.186 e. The predicted octanol–water partition coefficient (Wildman–Crippen LogP) is 3.02. The highest BCUT2D eigenvalue weighted by molar-refractivity contribution is 6.02. The zero-order valence-electron chi connectivity index (χ0n) is 10.3. The Labute approximate surface area is 110 Å². The molecule has 1 aromatic heterocycles. The lowest BCUT2D eigenvalue weighted by atomic mass is 9.95. The van der Waals surface area contributed by atoms with E-state index in [1.807, 2.05) is 6.07 Å². The van der Waals surface area contributed by atoms with E-state index in [9.17, 15) is 9.18 Å². The Bertz CT molecular complexity index is 647. The molecule has 0 fully saturated rings. The van der Waals surface area contributed by atoms with Crippen molar-refractivity contribution in [1.82, 2.24) is 4.98 Å². The van der Waals surface area contributed by atoms with Crippen LogP contribution in [0.5, 0.6) is 0 Å². The molecular formula is C15H11FN2O. The summed E-state index contributed by atoms with van der Waals surface area (Å²) in [5.41, 5.74) is 1.01. The summed E-state index contributed by atoms with van der Waals surface area (Å²) in [6.45, 7) is 1.62. The molecule has 0 amide bonds. The average Bonchev–Trinajstić information content (AvgIpc) is 2.44. The van der Waals surface area contributed by atoms with Gasteiger partial charge in [0.05, 0.1) is 11.8 Å². The largest absolute Gasteiger partial charge is 0.292 e. The van der Waals surface area contributed by atoms with E-state index in [0.717, 1.165) is 6.07 Å². The molecule has 1 heterocycles. The van der Waals surface area contributed by atoms with E-state index in [1.165, 1.54) is 18.3 Å². The van der Waals surface area contributed by atoms with Crippen molar-refractivity contribution in [3.05, 3.63) is 65.2 Å². The van der Waals surface area contributed by atoms with E-state index in [-0.39, 0.29) is 5.56 Å². The van der Waals surface area contributed by atoms with Gasteiger partial charge in [-0.3, -0.25) is 9.78 Å². The number of pyridine rings is 1. The maximum atomic E-state index is 13.5. The molecule has 0 N–H and O–H groups in total. The van der Waals surface area contributed by atoms with Crippen molar-refractivity contribution >= 4 is 5.78 Å². The normalized spacial score (nSPS) is 11.6. The predicted molar refractivity (Wildman–Crippen MR) is 68.1 cm³/mol. The van der Waals surface area contributed by atoms with Crippen LogP contribution < -0.4 is 0 Å². The fourth-order valence-electron chi connectivity index (χ4n) is 1.72. The highest BCUT2D eigenvalue weighted by Gasteiger charge is 2.23. The van der Waals surface area contributed by atoms with Crippen molar-refractivity contribution in [3.8, 4) is 6.07 Å². The number of carbonyl (C=O) groups is 1. The molecule has 1 unspecified atom stereocenters. The van der Waals surface area contributed by atoms with Crippen LogP contribution >= 0.6 is 0 Å². The summed E-state index contributed by atoms with van der Waals surface area (Å²) in [5.74, 6) is -1.91. The van der Waals surface area contributed by atoms with Crippen molar-refractivity contribution in [1.29, 1.82) is 5.26 Å². The molecule has 3 nitrogen and oxygen atoms in total. The molecule has 0 saturated heterocycles. The molecule has 94 valence electrons. The Morgan fingerprint density at radius 1 is 1.37 bits per heavy atom.